The molecule has 1 aromatic rings. The molecule has 0 saturated heterocycles. The predicted molar refractivity (Wildman–Crippen MR) is 67.0 cm³/mol. The number of aliphatic hydroxyl groups excluding tert-OH is 1. The van der Waals surface area contributed by atoms with Crippen LogP contribution in [0, 0.1) is 6.92 Å². The lowest BCUT2D eigenvalue weighted by Crippen LogP contribution is -2.34. The number of aliphatic hydroxyl groups is 1. The molecule has 0 spiro atoms. The Bertz CT molecular complexity index is 510. The molecule has 2 N–H and O–H groups in total. The van der Waals surface area contributed by atoms with Gasteiger partial charge in [-0.25, -0.2) is 8.42 Å². The van der Waals surface area contributed by atoms with E-state index in [1.54, 1.807) is 12.1 Å². The summed E-state index contributed by atoms with van der Waals surface area (Å²) in [6.45, 7) is 1.99. The van der Waals surface area contributed by atoms with Crippen LogP contribution in [0.2, 0.25) is 0 Å². The summed E-state index contributed by atoms with van der Waals surface area (Å²) in [7, 11) is -3.19. The first-order valence-electron chi connectivity index (χ1n) is 5.74. The van der Waals surface area contributed by atoms with Crippen molar-refractivity contribution in [1.82, 2.24) is 0 Å². The summed E-state index contributed by atoms with van der Waals surface area (Å²) >= 11 is 0. The number of benzene rings is 1. The highest BCUT2D eigenvalue weighted by molar-refractivity contribution is 7.91. The highest BCUT2D eigenvalue weighted by Crippen LogP contribution is 2.32. The lowest BCUT2D eigenvalue weighted by molar-refractivity contribution is 0.282. The molecule has 1 aliphatic rings. The molecule has 0 aromatic heterocycles. The lowest BCUT2D eigenvalue weighted by atomic mass is 10.1. The van der Waals surface area contributed by atoms with Crippen LogP contribution in [0.25, 0.3) is 0 Å². The Labute approximate surface area is 102 Å². The third-order valence-electron chi connectivity index (χ3n) is 3.05. The van der Waals surface area contributed by atoms with E-state index in [9.17, 15) is 8.42 Å². The molecule has 2 rings (SSSR count). The average Bonchev–Trinajstić information content (AvgIpc) is 2.27. The zero-order valence-corrected chi connectivity index (χ0v) is 10.6. The van der Waals surface area contributed by atoms with Gasteiger partial charge in [0.15, 0.2) is 9.84 Å². The second-order valence-corrected chi connectivity index (χ2v) is 6.44. The molecule has 1 aromatic carbocycles. The summed E-state index contributed by atoms with van der Waals surface area (Å²) in [6.07, 6.45) is 1.29. The topological polar surface area (TPSA) is 66.4 Å². The fourth-order valence-electron chi connectivity index (χ4n) is 2.18. The molecule has 1 unspecified atom stereocenters. The van der Waals surface area contributed by atoms with E-state index in [1.807, 2.05) is 13.0 Å². The summed E-state index contributed by atoms with van der Waals surface area (Å²) < 4.78 is 24.2. The minimum atomic E-state index is -3.19. The Morgan fingerprint density at radius 3 is 2.94 bits per heavy atom. The molecular formula is C12H17NO3S. The van der Waals surface area contributed by atoms with Crippen LogP contribution in [-0.4, -0.2) is 31.9 Å². The van der Waals surface area contributed by atoms with Crippen LogP contribution in [-0.2, 0) is 9.84 Å². The van der Waals surface area contributed by atoms with Gasteiger partial charge in [0.25, 0.3) is 0 Å². The molecule has 1 atom stereocenters. The van der Waals surface area contributed by atoms with Crippen molar-refractivity contribution < 1.29 is 13.5 Å². The molecule has 5 heteroatoms. The number of hydrogen-bond donors (Lipinski definition) is 2. The number of nitrogens with one attached hydrogen (secondary N) is 1. The SMILES string of the molecule is Cc1cccc2c1NC(CCCO)CS2(=O)=O. The van der Waals surface area contributed by atoms with Crippen LogP contribution in [0.5, 0.6) is 0 Å². The normalized spacial score (nSPS) is 21.6. The van der Waals surface area contributed by atoms with Crippen LogP contribution >= 0.6 is 0 Å². The van der Waals surface area contributed by atoms with E-state index in [2.05, 4.69) is 5.32 Å². The van der Waals surface area contributed by atoms with Gasteiger partial charge in [-0.05, 0) is 31.4 Å². The quantitative estimate of drug-likeness (QED) is 0.855. The standard InChI is InChI=1S/C12H17NO3S/c1-9-4-2-6-11-12(9)13-10(5-3-7-14)8-17(11,15)16/h2,4,6,10,13-14H,3,5,7-8H2,1H3. The fourth-order valence-corrected chi connectivity index (χ4v) is 3.95. The number of rotatable bonds is 3. The van der Waals surface area contributed by atoms with Gasteiger partial charge in [-0.2, -0.15) is 0 Å². The Kier molecular flexibility index (Phi) is 3.40. The lowest BCUT2D eigenvalue weighted by Gasteiger charge is -2.28. The molecule has 0 aliphatic carbocycles. The first-order chi connectivity index (χ1) is 8.04. The van der Waals surface area contributed by atoms with Gasteiger partial charge < -0.3 is 10.4 Å². The van der Waals surface area contributed by atoms with Crippen LogP contribution < -0.4 is 5.32 Å². The van der Waals surface area contributed by atoms with Gasteiger partial charge in [0.05, 0.1) is 16.3 Å². The van der Waals surface area contributed by atoms with Gasteiger partial charge in [0.1, 0.15) is 0 Å². The number of anilines is 1. The van der Waals surface area contributed by atoms with Crippen molar-refractivity contribution in [1.29, 1.82) is 0 Å². The van der Waals surface area contributed by atoms with Crippen molar-refractivity contribution in [3.05, 3.63) is 23.8 Å². The molecule has 17 heavy (non-hydrogen) atoms. The van der Waals surface area contributed by atoms with Gasteiger partial charge in [0, 0.05) is 12.6 Å². The second kappa shape index (κ2) is 4.66. The number of para-hydroxylation sites is 1. The summed E-state index contributed by atoms with van der Waals surface area (Å²) in [4.78, 5) is 0.401. The summed E-state index contributed by atoms with van der Waals surface area (Å²) in [5.41, 5.74) is 1.67. The van der Waals surface area contributed by atoms with Gasteiger partial charge in [-0.15, -0.1) is 0 Å². The summed E-state index contributed by atoms with van der Waals surface area (Å²) in [5, 5.41) is 12.1. The van der Waals surface area contributed by atoms with Gasteiger partial charge in [-0.3, -0.25) is 0 Å². The largest absolute Gasteiger partial charge is 0.396 e. The molecule has 0 fully saturated rings. The zero-order valence-electron chi connectivity index (χ0n) is 9.81. The smallest absolute Gasteiger partial charge is 0.182 e. The number of sulfone groups is 1. The van der Waals surface area contributed by atoms with Gasteiger partial charge in [0.2, 0.25) is 0 Å². The van der Waals surface area contributed by atoms with Crippen LogP contribution in [0.4, 0.5) is 5.69 Å². The molecule has 0 radical (unpaired) electrons. The molecule has 4 nitrogen and oxygen atoms in total. The monoisotopic (exact) mass is 255 g/mol. The molecule has 94 valence electrons. The van der Waals surface area contributed by atoms with Crippen molar-refractivity contribution in [2.24, 2.45) is 0 Å². The third kappa shape index (κ3) is 2.45. The van der Waals surface area contributed by atoms with Crippen molar-refractivity contribution in [2.75, 3.05) is 17.7 Å². The number of fused-ring (bicyclic) bond motifs is 1. The van der Waals surface area contributed by atoms with E-state index < -0.39 is 9.84 Å². The molecular weight excluding hydrogens is 238 g/mol. The van der Waals surface area contributed by atoms with Gasteiger partial charge in [-0.1, -0.05) is 12.1 Å². The van der Waals surface area contributed by atoms with E-state index in [0.717, 1.165) is 11.3 Å². The molecule has 1 aliphatic heterocycles. The molecule has 1 heterocycles. The summed E-state index contributed by atoms with van der Waals surface area (Å²) in [6, 6.07) is 5.21. The van der Waals surface area contributed by atoms with E-state index in [0.29, 0.717) is 17.7 Å². The Balaban J connectivity index is 2.35. The first kappa shape index (κ1) is 12.4. The molecule has 0 saturated carbocycles. The van der Waals surface area contributed by atoms with E-state index in [4.69, 9.17) is 5.11 Å². The second-order valence-electron chi connectivity index (χ2n) is 4.44. The van der Waals surface area contributed by atoms with Crippen molar-refractivity contribution in [3.63, 3.8) is 0 Å². The van der Waals surface area contributed by atoms with Crippen LogP contribution in [0.1, 0.15) is 18.4 Å². The van der Waals surface area contributed by atoms with Crippen molar-refractivity contribution >= 4 is 15.5 Å². The van der Waals surface area contributed by atoms with Crippen LogP contribution in [0.15, 0.2) is 23.1 Å². The first-order valence-corrected chi connectivity index (χ1v) is 7.39. The maximum Gasteiger partial charge on any atom is 0.182 e. The fraction of sp³-hybridized carbons (Fsp3) is 0.500. The Hall–Kier alpha value is -1.07. The minimum Gasteiger partial charge on any atom is -0.396 e. The van der Waals surface area contributed by atoms with E-state index in [-0.39, 0.29) is 18.4 Å². The minimum absolute atomic E-state index is 0.0961. The van der Waals surface area contributed by atoms with E-state index in [1.165, 1.54) is 0 Å². The highest BCUT2D eigenvalue weighted by atomic mass is 32.2. The van der Waals surface area contributed by atoms with Crippen molar-refractivity contribution in [2.45, 2.75) is 30.7 Å². The number of hydrogen-bond acceptors (Lipinski definition) is 4. The molecule has 0 amide bonds. The maximum absolute atomic E-state index is 12.1. The molecule has 0 bridgehead atoms. The Morgan fingerprint density at radius 1 is 1.47 bits per heavy atom. The zero-order chi connectivity index (χ0) is 12.5. The Morgan fingerprint density at radius 2 is 2.24 bits per heavy atom. The predicted octanol–water partition coefficient (Wildman–Crippen LogP) is 1.34. The maximum atomic E-state index is 12.1. The van der Waals surface area contributed by atoms with Crippen molar-refractivity contribution in [3.8, 4) is 0 Å². The van der Waals surface area contributed by atoms with Gasteiger partial charge >= 0.3 is 0 Å². The summed E-state index contributed by atoms with van der Waals surface area (Å²) in [5.74, 6) is 0.115. The third-order valence-corrected chi connectivity index (χ3v) is 4.90. The highest BCUT2D eigenvalue weighted by Gasteiger charge is 2.30. The number of aryl methyl sites for hydroxylation is 1. The average molecular weight is 255 g/mol. The van der Waals surface area contributed by atoms with E-state index >= 15 is 0 Å². The van der Waals surface area contributed by atoms with Crippen LogP contribution in [0.3, 0.4) is 0 Å².